The summed E-state index contributed by atoms with van der Waals surface area (Å²) in [5.74, 6) is -0.184. The van der Waals surface area contributed by atoms with Crippen LogP contribution in [0.15, 0.2) is 96.9 Å². The Labute approximate surface area is 217 Å². The normalized spacial score (nSPS) is 13.0. The van der Waals surface area contributed by atoms with Crippen molar-refractivity contribution >= 4 is 45.6 Å². The molecule has 0 atom stereocenters. The molecule has 5 rings (SSSR count). The van der Waals surface area contributed by atoms with E-state index < -0.39 is 5.97 Å². The lowest BCUT2D eigenvalue weighted by atomic mass is 10.0. The topological polar surface area (TPSA) is 84.3 Å². The van der Waals surface area contributed by atoms with E-state index in [0.29, 0.717) is 28.6 Å². The molecule has 0 saturated carbocycles. The lowest BCUT2D eigenvalue weighted by molar-refractivity contribution is -0.131. The third-order valence-electron chi connectivity index (χ3n) is 5.82. The maximum Gasteiger partial charge on any atom is 0.328 e. The van der Waals surface area contributed by atoms with Crippen LogP contribution in [0.25, 0.3) is 16.5 Å². The molecule has 0 unspecified atom stereocenters. The molecule has 0 bridgehead atoms. The number of carbonyl (C=O) groups is 1. The average Bonchev–Trinajstić information content (AvgIpc) is 3.36. The first-order valence-corrected chi connectivity index (χ1v) is 11.8. The molecule has 8 heteroatoms. The Morgan fingerprint density at radius 1 is 1.11 bits per heavy atom. The van der Waals surface area contributed by atoms with E-state index in [4.69, 9.17) is 21.4 Å². The number of benzene rings is 3. The van der Waals surface area contributed by atoms with Crippen molar-refractivity contribution in [1.29, 1.82) is 0 Å². The van der Waals surface area contributed by atoms with Crippen LogP contribution < -0.4 is 10.1 Å². The van der Waals surface area contributed by atoms with Crippen molar-refractivity contribution in [2.24, 2.45) is 0 Å². The molecule has 6 nitrogen and oxygen atoms in total. The molecule has 0 fully saturated rings. The van der Waals surface area contributed by atoms with Crippen LogP contribution in [-0.2, 0) is 11.4 Å². The molecule has 0 radical (unpaired) electrons. The number of aliphatic carboxylic acids is 1. The summed E-state index contributed by atoms with van der Waals surface area (Å²) in [6.07, 6.45) is 8.79. The highest BCUT2D eigenvalue weighted by Crippen LogP contribution is 2.34. The Hall–Kier alpha value is -4.49. The number of allylic oxidation sites excluding steroid dienone is 5. The fourth-order valence-corrected chi connectivity index (χ4v) is 4.25. The first-order chi connectivity index (χ1) is 17.9. The number of hydrogen-bond donors (Lipinski definition) is 2. The molecular weight excluding hydrogens is 493 g/mol. The quantitative estimate of drug-likeness (QED) is 0.244. The highest BCUT2D eigenvalue weighted by atomic mass is 35.5. The van der Waals surface area contributed by atoms with Crippen LogP contribution in [0.4, 0.5) is 15.9 Å². The molecule has 4 aromatic rings. The van der Waals surface area contributed by atoms with Crippen molar-refractivity contribution in [2.45, 2.75) is 13.0 Å². The second kappa shape index (κ2) is 10.6. The van der Waals surface area contributed by atoms with Crippen molar-refractivity contribution in [3.63, 3.8) is 0 Å². The molecular formula is C29H21ClFN3O3. The number of ether oxygens (including phenoxy) is 1. The lowest BCUT2D eigenvalue weighted by Crippen LogP contribution is -1.99. The fourth-order valence-electron chi connectivity index (χ4n) is 4.01. The van der Waals surface area contributed by atoms with Gasteiger partial charge in [-0.15, -0.1) is 0 Å². The molecule has 1 heterocycles. The largest absolute Gasteiger partial charge is 0.487 e. The van der Waals surface area contributed by atoms with E-state index >= 15 is 0 Å². The molecule has 37 heavy (non-hydrogen) atoms. The van der Waals surface area contributed by atoms with Crippen molar-refractivity contribution in [3.05, 3.63) is 119 Å². The monoisotopic (exact) mass is 513 g/mol. The van der Waals surface area contributed by atoms with Crippen molar-refractivity contribution in [2.75, 3.05) is 5.32 Å². The minimum absolute atomic E-state index is 0.197. The number of nitrogens with zero attached hydrogens (tertiary/aromatic N) is 2. The zero-order chi connectivity index (χ0) is 25.8. The third kappa shape index (κ3) is 5.85. The van der Waals surface area contributed by atoms with Gasteiger partial charge in [-0.2, -0.15) is 0 Å². The van der Waals surface area contributed by atoms with Crippen LogP contribution in [0.2, 0.25) is 5.02 Å². The number of halogens is 2. The van der Waals surface area contributed by atoms with Crippen LogP contribution >= 0.6 is 11.6 Å². The van der Waals surface area contributed by atoms with Gasteiger partial charge in [0, 0.05) is 17.1 Å². The summed E-state index contributed by atoms with van der Waals surface area (Å²) in [6, 6.07) is 17.5. The maximum absolute atomic E-state index is 13.4. The summed E-state index contributed by atoms with van der Waals surface area (Å²) in [5, 5.41) is 13.4. The Kier molecular flexibility index (Phi) is 6.96. The van der Waals surface area contributed by atoms with Gasteiger partial charge in [0.15, 0.2) is 0 Å². The van der Waals surface area contributed by atoms with E-state index in [9.17, 15) is 9.18 Å². The van der Waals surface area contributed by atoms with Gasteiger partial charge in [-0.3, -0.25) is 0 Å². The third-order valence-corrected chi connectivity index (χ3v) is 6.11. The zero-order valence-corrected chi connectivity index (χ0v) is 20.2. The molecule has 1 aromatic heterocycles. The first kappa shape index (κ1) is 24.2. The van der Waals surface area contributed by atoms with E-state index in [1.165, 1.54) is 18.5 Å². The van der Waals surface area contributed by atoms with E-state index in [1.807, 2.05) is 36.4 Å². The van der Waals surface area contributed by atoms with Crippen LogP contribution in [0.3, 0.4) is 0 Å². The minimum atomic E-state index is -0.973. The molecule has 0 aliphatic heterocycles. The van der Waals surface area contributed by atoms with Crippen LogP contribution in [0.1, 0.15) is 17.5 Å². The van der Waals surface area contributed by atoms with Gasteiger partial charge < -0.3 is 15.2 Å². The minimum Gasteiger partial charge on any atom is -0.487 e. The molecule has 2 N–H and O–H groups in total. The molecule has 3 aromatic carbocycles. The number of nitrogens with one attached hydrogen (secondary N) is 1. The number of fused-ring (bicyclic) bond motifs is 1. The summed E-state index contributed by atoms with van der Waals surface area (Å²) in [5.41, 5.74) is 5.20. The van der Waals surface area contributed by atoms with Crippen molar-refractivity contribution in [1.82, 2.24) is 9.97 Å². The van der Waals surface area contributed by atoms with E-state index in [2.05, 4.69) is 15.3 Å². The summed E-state index contributed by atoms with van der Waals surface area (Å²) >= 11 is 6.45. The highest BCUT2D eigenvalue weighted by Gasteiger charge is 2.13. The van der Waals surface area contributed by atoms with Crippen molar-refractivity contribution in [3.8, 4) is 5.75 Å². The smallest absolute Gasteiger partial charge is 0.328 e. The van der Waals surface area contributed by atoms with Gasteiger partial charge in [-0.25, -0.2) is 19.2 Å². The number of anilines is 2. The average molecular weight is 514 g/mol. The number of carboxylic acids is 1. The standard InChI is InChI=1S/C29H21ClFN3O3/c30-25-15-23(8-10-27(25)37-16-19-2-1-3-22(31)13-19)34-29-24-14-21(7-9-26(24)32-17-33-29)20-6-4-18(12-20)5-11-28(35)36/h1-11,13-15,17H,12,16H2,(H,35,36)(H,32,33,34)/b11-5+. The second-order valence-corrected chi connectivity index (χ2v) is 8.83. The van der Waals surface area contributed by atoms with Gasteiger partial charge in [0.2, 0.25) is 0 Å². The Morgan fingerprint density at radius 3 is 2.81 bits per heavy atom. The van der Waals surface area contributed by atoms with Crippen molar-refractivity contribution < 1.29 is 19.0 Å². The van der Waals surface area contributed by atoms with Crippen LogP contribution in [0, 0.1) is 5.82 Å². The van der Waals surface area contributed by atoms with Gasteiger partial charge in [0.1, 0.15) is 30.3 Å². The summed E-state index contributed by atoms with van der Waals surface area (Å²) in [4.78, 5) is 19.6. The number of carboxylic acid groups (broad SMARTS) is 1. The van der Waals surface area contributed by atoms with Gasteiger partial charge >= 0.3 is 5.97 Å². The maximum atomic E-state index is 13.4. The van der Waals surface area contributed by atoms with Crippen LogP contribution in [0.5, 0.6) is 5.75 Å². The van der Waals surface area contributed by atoms with Gasteiger partial charge in [-0.1, -0.05) is 48.0 Å². The van der Waals surface area contributed by atoms with E-state index in [-0.39, 0.29) is 12.4 Å². The highest BCUT2D eigenvalue weighted by molar-refractivity contribution is 6.32. The van der Waals surface area contributed by atoms with Gasteiger partial charge in [0.05, 0.1) is 10.5 Å². The molecule has 0 saturated heterocycles. The van der Waals surface area contributed by atoms with Gasteiger partial charge in [0.25, 0.3) is 0 Å². The molecule has 1 aliphatic rings. The first-order valence-electron chi connectivity index (χ1n) is 11.4. The zero-order valence-electron chi connectivity index (χ0n) is 19.5. The number of rotatable bonds is 8. The Bertz CT molecular complexity index is 1600. The Morgan fingerprint density at radius 2 is 2.00 bits per heavy atom. The number of hydrogen-bond acceptors (Lipinski definition) is 5. The molecule has 0 spiro atoms. The predicted molar refractivity (Wildman–Crippen MR) is 142 cm³/mol. The lowest BCUT2D eigenvalue weighted by Gasteiger charge is -2.13. The molecule has 0 amide bonds. The van der Waals surface area contributed by atoms with Gasteiger partial charge in [-0.05, 0) is 71.2 Å². The summed E-state index contributed by atoms with van der Waals surface area (Å²) in [6.45, 7) is 0.197. The fraction of sp³-hybridized carbons (Fsp3) is 0.0690. The van der Waals surface area contributed by atoms with E-state index in [0.717, 1.165) is 39.4 Å². The second-order valence-electron chi connectivity index (χ2n) is 8.42. The van der Waals surface area contributed by atoms with E-state index in [1.54, 1.807) is 30.3 Å². The van der Waals surface area contributed by atoms with Crippen LogP contribution in [-0.4, -0.2) is 21.0 Å². The number of aromatic nitrogens is 2. The summed E-state index contributed by atoms with van der Waals surface area (Å²) in [7, 11) is 0. The molecule has 184 valence electrons. The summed E-state index contributed by atoms with van der Waals surface area (Å²) < 4.78 is 19.2. The predicted octanol–water partition coefficient (Wildman–Crippen LogP) is 7.10. The molecule has 1 aliphatic carbocycles. The SMILES string of the molecule is O=C(O)/C=C/C1=CC=C(c2ccc3ncnc(Nc4ccc(OCc5cccc(F)c5)c(Cl)c4)c3c2)C1. The Balaban J connectivity index is 1.33.